The van der Waals surface area contributed by atoms with Gasteiger partial charge in [-0.2, -0.15) is 0 Å². The predicted molar refractivity (Wildman–Crippen MR) is 88.4 cm³/mol. The van der Waals surface area contributed by atoms with Crippen LogP contribution in [0.25, 0.3) is 0 Å². The Bertz CT molecular complexity index is 368. The van der Waals surface area contributed by atoms with Crippen molar-refractivity contribution in [1.82, 2.24) is 5.32 Å². The molecule has 1 saturated carbocycles. The largest absolute Gasteiger partial charge is 0.316 e. The predicted octanol–water partition coefficient (Wildman–Crippen LogP) is 5.08. The van der Waals surface area contributed by atoms with Gasteiger partial charge in [0.25, 0.3) is 0 Å². The number of nitrogens with one attached hydrogen (secondary N) is 1. The van der Waals surface area contributed by atoms with Crippen molar-refractivity contribution >= 4 is 11.6 Å². The summed E-state index contributed by atoms with van der Waals surface area (Å²) >= 11 is 5.99. The molecule has 0 aromatic heterocycles. The van der Waals surface area contributed by atoms with Gasteiger partial charge in [-0.05, 0) is 55.5 Å². The molecule has 0 aliphatic heterocycles. The number of hydrogen-bond acceptors (Lipinski definition) is 1. The molecule has 1 aromatic rings. The third-order valence-electron chi connectivity index (χ3n) is 4.56. The van der Waals surface area contributed by atoms with Crippen LogP contribution in [0.4, 0.5) is 0 Å². The van der Waals surface area contributed by atoms with Gasteiger partial charge < -0.3 is 5.32 Å². The number of hydrogen-bond donors (Lipinski definition) is 1. The normalized spacial score (nSPS) is 18.1. The van der Waals surface area contributed by atoms with Crippen LogP contribution in [0.5, 0.6) is 0 Å². The van der Waals surface area contributed by atoms with Crippen LogP contribution in [0, 0.1) is 11.8 Å². The number of benzene rings is 1. The summed E-state index contributed by atoms with van der Waals surface area (Å²) in [5.74, 6) is 1.69. The summed E-state index contributed by atoms with van der Waals surface area (Å²) < 4.78 is 0. The van der Waals surface area contributed by atoms with Gasteiger partial charge in [0.1, 0.15) is 0 Å². The highest BCUT2D eigenvalue weighted by Crippen LogP contribution is 2.32. The molecule has 0 heterocycles. The van der Waals surface area contributed by atoms with Crippen molar-refractivity contribution in [2.24, 2.45) is 11.8 Å². The molecule has 20 heavy (non-hydrogen) atoms. The lowest BCUT2D eigenvalue weighted by Crippen LogP contribution is -2.31. The standard InChI is InChI=1S/C18H28ClN/c1-2-12-20-14-17(16-6-4-3-5-7-16)13-15-8-10-18(19)11-9-15/h8-11,16-17,20H,2-7,12-14H2,1H3. The Balaban J connectivity index is 1.95. The Morgan fingerprint density at radius 3 is 2.50 bits per heavy atom. The molecule has 1 atom stereocenters. The van der Waals surface area contributed by atoms with Crippen molar-refractivity contribution in [3.63, 3.8) is 0 Å². The van der Waals surface area contributed by atoms with Crippen LogP contribution in [0.15, 0.2) is 24.3 Å². The van der Waals surface area contributed by atoms with Gasteiger partial charge in [0.2, 0.25) is 0 Å². The Hall–Kier alpha value is -0.530. The second-order valence-electron chi connectivity index (χ2n) is 6.19. The quantitative estimate of drug-likeness (QED) is 0.691. The monoisotopic (exact) mass is 293 g/mol. The van der Waals surface area contributed by atoms with E-state index >= 15 is 0 Å². The minimum absolute atomic E-state index is 0.781. The molecule has 0 radical (unpaired) electrons. The van der Waals surface area contributed by atoms with Gasteiger partial charge in [0.05, 0.1) is 0 Å². The van der Waals surface area contributed by atoms with Gasteiger partial charge in [0.15, 0.2) is 0 Å². The van der Waals surface area contributed by atoms with Crippen molar-refractivity contribution < 1.29 is 0 Å². The van der Waals surface area contributed by atoms with Crippen molar-refractivity contribution in [2.45, 2.75) is 51.9 Å². The highest BCUT2D eigenvalue weighted by atomic mass is 35.5. The summed E-state index contributed by atoms with van der Waals surface area (Å²) in [5, 5.41) is 4.48. The van der Waals surface area contributed by atoms with E-state index in [1.165, 1.54) is 57.1 Å². The Morgan fingerprint density at radius 2 is 1.85 bits per heavy atom. The Labute approximate surface area is 129 Å². The molecule has 1 unspecified atom stereocenters. The van der Waals surface area contributed by atoms with Gasteiger partial charge in [-0.3, -0.25) is 0 Å². The summed E-state index contributed by atoms with van der Waals surface area (Å²) in [6.45, 7) is 4.55. The van der Waals surface area contributed by atoms with E-state index in [-0.39, 0.29) is 0 Å². The van der Waals surface area contributed by atoms with Crippen LogP contribution < -0.4 is 5.32 Å². The average Bonchev–Trinajstić information content (AvgIpc) is 2.49. The van der Waals surface area contributed by atoms with E-state index in [9.17, 15) is 0 Å². The lowest BCUT2D eigenvalue weighted by atomic mass is 9.77. The number of halogens is 1. The zero-order valence-corrected chi connectivity index (χ0v) is 13.5. The first-order chi connectivity index (χ1) is 9.79. The van der Waals surface area contributed by atoms with Crippen LogP contribution in [-0.4, -0.2) is 13.1 Å². The Kier molecular flexibility index (Phi) is 6.89. The maximum absolute atomic E-state index is 5.99. The topological polar surface area (TPSA) is 12.0 Å². The van der Waals surface area contributed by atoms with Gasteiger partial charge in [-0.25, -0.2) is 0 Å². The van der Waals surface area contributed by atoms with Crippen LogP contribution in [-0.2, 0) is 6.42 Å². The Morgan fingerprint density at radius 1 is 1.15 bits per heavy atom. The SMILES string of the molecule is CCCNCC(Cc1ccc(Cl)cc1)C1CCCCC1. The molecule has 112 valence electrons. The van der Waals surface area contributed by atoms with E-state index in [4.69, 9.17) is 11.6 Å². The lowest BCUT2D eigenvalue weighted by Gasteiger charge is -2.31. The highest BCUT2D eigenvalue weighted by molar-refractivity contribution is 6.30. The summed E-state index contributed by atoms with van der Waals surface area (Å²) in [5.41, 5.74) is 1.43. The summed E-state index contributed by atoms with van der Waals surface area (Å²) in [6, 6.07) is 8.43. The first kappa shape index (κ1) is 15.9. The second kappa shape index (κ2) is 8.69. The average molecular weight is 294 g/mol. The molecule has 0 saturated heterocycles. The smallest absolute Gasteiger partial charge is 0.0406 e. The molecule has 1 aromatic carbocycles. The van der Waals surface area contributed by atoms with Crippen molar-refractivity contribution in [3.05, 3.63) is 34.9 Å². The maximum atomic E-state index is 5.99. The summed E-state index contributed by atoms with van der Waals surface area (Å²) in [7, 11) is 0. The second-order valence-corrected chi connectivity index (χ2v) is 6.63. The first-order valence-electron chi connectivity index (χ1n) is 8.24. The number of rotatable bonds is 7. The molecule has 1 nitrogen and oxygen atoms in total. The fraction of sp³-hybridized carbons (Fsp3) is 0.667. The first-order valence-corrected chi connectivity index (χ1v) is 8.62. The van der Waals surface area contributed by atoms with Gasteiger partial charge in [-0.1, -0.05) is 62.8 Å². The van der Waals surface area contributed by atoms with E-state index in [0.29, 0.717) is 0 Å². The molecule has 1 aliphatic carbocycles. The van der Waals surface area contributed by atoms with E-state index in [1.807, 2.05) is 12.1 Å². The fourth-order valence-corrected chi connectivity index (χ4v) is 3.52. The third-order valence-corrected chi connectivity index (χ3v) is 4.81. The highest BCUT2D eigenvalue weighted by Gasteiger charge is 2.23. The van der Waals surface area contributed by atoms with Crippen LogP contribution in [0.2, 0.25) is 5.02 Å². The fourth-order valence-electron chi connectivity index (χ4n) is 3.40. The van der Waals surface area contributed by atoms with E-state index < -0.39 is 0 Å². The zero-order valence-electron chi connectivity index (χ0n) is 12.7. The molecule has 1 fully saturated rings. The zero-order chi connectivity index (χ0) is 14.2. The third kappa shape index (κ3) is 5.10. The van der Waals surface area contributed by atoms with Gasteiger partial charge >= 0.3 is 0 Å². The molecule has 1 N–H and O–H groups in total. The minimum Gasteiger partial charge on any atom is -0.316 e. The van der Waals surface area contributed by atoms with Crippen molar-refractivity contribution in [1.29, 1.82) is 0 Å². The van der Waals surface area contributed by atoms with E-state index in [1.54, 1.807) is 0 Å². The van der Waals surface area contributed by atoms with E-state index in [2.05, 4.69) is 24.4 Å². The van der Waals surface area contributed by atoms with Gasteiger partial charge in [0, 0.05) is 5.02 Å². The van der Waals surface area contributed by atoms with Crippen molar-refractivity contribution in [2.75, 3.05) is 13.1 Å². The molecule has 2 rings (SSSR count). The molecule has 2 heteroatoms. The summed E-state index contributed by atoms with van der Waals surface area (Å²) in [6.07, 6.45) is 9.55. The van der Waals surface area contributed by atoms with Crippen LogP contribution in [0.3, 0.4) is 0 Å². The molecule has 0 bridgehead atoms. The maximum Gasteiger partial charge on any atom is 0.0406 e. The minimum atomic E-state index is 0.781. The van der Waals surface area contributed by atoms with Crippen molar-refractivity contribution in [3.8, 4) is 0 Å². The van der Waals surface area contributed by atoms with Crippen LogP contribution in [0.1, 0.15) is 51.0 Å². The van der Waals surface area contributed by atoms with Gasteiger partial charge in [-0.15, -0.1) is 0 Å². The molecular formula is C18H28ClN. The molecule has 0 spiro atoms. The summed E-state index contributed by atoms with van der Waals surface area (Å²) in [4.78, 5) is 0. The molecule has 0 amide bonds. The van der Waals surface area contributed by atoms with Crippen LogP contribution >= 0.6 is 11.6 Å². The molecule has 1 aliphatic rings. The molecular weight excluding hydrogens is 266 g/mol. The lowest BCUT2D eigenvalue weighted by molar-refractivity contribution is 0.240. The van der Waals surface area contributed by atoms with E-state index in [0.717, 1.165) is 23.4 Å².